The van der Waals surface area contributed by atoms with Crippen LogP contribution in [-0.2, 0) is 21.2 Å². The van der Waals surface area contributed by atoms with Gasteiger partial charge in [0.2, 0.25) is 5.91 Å². The normalized spacial score (nSPS) is 12.7. The van der Waals surface area contributed by atoms with E-state index < -0.39 is 0 Å². The molecule has 34 heavy (non-hydrogen) atoms. The average molecular weight is 469 g/mol. The Morgan fingerprint density at radius 2 is 1.50 bits per heavy atom. The number of hydrogen-bond acceptors (Lipinski definition) is 3. The maximum absolute atomic E-state index is 13.3. The van der Waals surface area contributed by atoms with Crippen molar-refractivity contribution in [1.29, 1.82) is 0 Å². The molecule has 0 saturated heterocycles. The summed E-state index contributed by atoms with van der Waals surface area (Å²) in [4.78, 5) is 28.1. The molecule has 1 heterocycles. The van der Waals surface area contributed by atoms with Crippen LogP contribution in [0.25, 0.3) is 0 Å². The second kappa shape index (κ2) is 9.93. The topological polar surface area (TPSA) is 67.2 Å². The van der Waals surface area contributed by atoms with Crippen molar-refractivity contribution in [2.24, 2.45) is 5.92 Å². The smallest absolute Gasteiger partial charge is 0.254 e. The first-order valence-corrected chi connectivity index (χ1v) is 12.2. The van der Waals surface area contributed by atoms with Crippen LogP contribution in [0.5, 0.6) is 0 Å². The number of amides is 2. The first kappa shape index (κ1) is 27.6. The molecule has 2 amide bonds. The molecule has 0 bridgehead atoms. The third-order valence-electron chi connectivity index (χ3n) is 5.59. The van der Waals surface area contributed by atoms with E-state index in [1.807, 2.05) is 48.9 Å². The van der Waals surface area contributed by atoms with Crippen molar-refractivity contribution in [2.75, 3.05) is 18.4 Å². The number of rotatable bonds is 6. The largest absolute Gasteiger partial charge is 0.329 e. The molecule has 0 spiro atoms. The molecular weight excluding hydrogens is 424 g/mol. The lowest BCUT2D eigenvalue weighted by molar-refractivity contribution is -0.117. The first-order valence-electron chi connectivity index (χ1n) is 12.2. The molecule has 2 aromatic rings. The Kier molecular flexibility index (Phi) is 8.06. The Bertz CT molecular complexity index is 997. The second-order valence-electron chi connectivity index (χ2n) is 12.7. The molecule has 0 unspecified atom stereocenters. The summed E-state index contributed by atoms with van der Waals surface area (Å²) < 4.78 is 1.85. The van der Waals surface area contributed by atoms with Crippen LogP contribution in [0.3, 0.4) is 0 Å². The average Bonchev–Trinajstić information content (AvgIpc) is 3.10. The zero-order chi connectivity index (χ0) is 26.1. The Hall–Kier alpha value is -2.63. The van der Waals surface area contributed by atoms with Gasteiger partial charge in [-0.1, -0.05) is 67.5 Å². The van der Waals surface area contributed by atoms with Gasteiger partial charge in [0, 0.05) is 23.6 Å². The van der Waals surface area contributed by atoms with Gasteiger partial charge < -0.3 is 10.2 Å². The SMILES string of the molecule is CC(C)CN(CC(=O)Nc1cc(C(C)(C)C)nn1C(C)(C)C)C(=O)c1ccc(C(C)(C)C)cc1. The number of hydrogen-bond donors (Lipinski definition) is 1. The number of carbonyl (C=O) groups is 2. The van der Waals surface area contributed by atoms with Gasteiger partial charge in [-0.05, 0) is 49.8 Å². The molecule has 6 heteroatoms. The standard InChI is InChI=1S/C28H44N4O2/c1-19(2)17-31(25(34)20-12-14-21(15-13-20)26(3,4)5)18-24(33)29-23-16-22(27(6,7)8)30-32(23)28(9,10)11/h12-16,19H,17-18H2,1-11H3,(H,29,33). The monoisotopic (exact) mass is 468 g/mol. The Labute approximate surface area is 206 Å². The van der Waals surface area contributed by atoms with E-state index in [2.05, 4.69) is 67.6 Å². The molecule has 1 N–H and O–H groups in total. The quantitative estimate of drug-likeness (QED) is 0.568. The van der Waals surface area contributed by atoms with E-state index >= 15 is 0 Å². The van der Waals surface area contributed by atoms with E-state index in [0.29, 0.717) is 17.9 Å². The Morgan fingerprint density at radius 1 is 0.941 bits per heavy atom. The molecule has 0 fully saturated rings. The molecule has 2 rings (SSSR count). The van der Waals surface area contributed by atoms with E-state index in [1.54, 1.807) is 4.90 Å². The molecule has 0 radical (unpaired) electrons. The van der Waals surface area contributed by atoms with Gasteiger partial charge >= 0.3 is 0 Å². The van der Waals surface area contributed by atoms with Crippen LogP contribution >= 0.6 is 0 Å². The van der Waals surface area contributed by atoms with Crippen LogP contribution in [0.1, 0.15) is 97.8 Å². The highest BCUT2D eigenvalue weighted by molar-refractivity contribution is 5.99. The van der Waals surface area contributed by atoms with Crippen LogP contribution in [0.4, 0.5) is 5.82 Å². The van der Waals surface area contributed by atoms with Gasteiger partial charge in [0.15, 0.2) is 0 Å². The lowest BCUT2D eigenvalue weighted by atomic mass is 9.86. The van der Waals surface area contributed by atoms with Crippen LogP contribution in [0.15, 0.2) is 30.3 Å². The van der Waals surface area contributed by atoms with Crippen molar-refractivity contribution in [3.8, 4) is 0 Å². The van der Waals surface area contributed by atoms with Crippen molar-refractivity contribution in [2.45, 2.75) is 92.5 Å². The van der Waals surface area contributed by atoms with Crippen molar-refractivity contribution >= 4 is 17.6 Å². The molecule has 0 atom stereocenters. The van der Waals surface area contributed by atoms with Gasteiger partial charge in [0.25, 0.3) is 5.91 Å². The van der Waals surface area contributed by atoms with Gasteiger partial charge in [-0.2, -0.15) is 5.10 Å². The highest BCUT2D eigenvalue weighted by atomic mass is 16.2. The van der Waals surface area contributed by atoms with E-state index in [4.69, 9.17) is 5.10 Å². The number of nitrogens with zero attached hydrogens (tertiary/aromatic N) is 3. The molecular formula is C28H44N4O2. The van der Waals surface area contributed by atoms with Crippen LogP contribution in [-0.4, -0.2) is 39.6 Å². The first-order chi connectivity index (χ1) is 15.4. The third-order valence-corrected chi connectivity index (χ3v) is 5.59. The minimum Gasteiger partial charge on any atom is -0.329 e. The van der Waals surface area contributed by atoms with Gasteiger partial charge in [-0.3, -0.25) is 9.59 Å². The minimum absolute atomic E-state index is 0.0149. The van der Waals surface area contributed by atoms with Gasteiger partial charge in [0.05, 0.1) is 11.2 Å². The summed E-state index contributed by atoms with van der Waals surface area (Å²) in [7, 11) is 0. The molecule has 6 nitrogen and oxygen atoms in total. The van der Waals surface area contributed by atoms with Gasteiger partial charge in [-0.15, -0.1) is 0 Å². The second-order valence-corrected chi connectivity index (χ2v) is 12.7. The maximum atomic E-state index is 13.3. The summed E-state index contributed by atoms with van der Waals surface area (Å²) >= 11 is 0. The summed E-state index contributed by atoms with van der Waals surface area (Å²) in [6, 6.07) is 9.65. The van der Waals surface area contributed by atoms with E-state index in [1.165, 1.54) is 5.56 Å². The molecule has 1 aromatic heterocycles. The summed E-state index contributed by atoms with van der Waals surface area (Å²) in [6.07, 6.45) is 0. The fourth-order valence-corrected chi connectivity index (χ4v) is 3.66. The van der Waals surface area contributed by atoms with Crippen molar-refractivity contribution in [3.63, 3.8) is 0 Å². The Balaban J connectivity index is 2.27. The summed E-state index contributed by atoms with van der Waals surface area (Å²) in [5, 5.41) is 7.78. The van der Waals surface area contributed by atoms with Crippen molar-refractivity contribution in [1.82, 2.24) is 14.7 Å². The van der Waals surface area contributed by atoms with E-state index in [0.717, 1.165) is 5.69 Å². The molecule has 0 aliphatic rings. The van der Waals surface area contributed by atoms with Gasteiger partial charge in [0.1, 0.15) is 12.4 Å². The lowest BCUT2D eigenvalue weighted by Crippen LogP contribution is -2.40. The fourth-order valence-electron chi connectivity index (χ4n) is 3.66. The number of aromatic nitrogens is 2. The van der Waals surface area contributed by atoms with Crippen LogP contribution in [0, 0.1) is 5.92 Å². The Morgan fingerprint density at radius 3 is 1.94 bits per heavy atom. The van der Waals surface area contributed by atoms with Crippen molar-refractivity contribution in [3.05, 3.63) is 47.2 Å². The number of nitrogens with one attached hydrogen (secondary N) is 1. The molecule has 188 valence electrons. The maximum Gasteiger partial charge on any atom is 0.254 e. The third kappa shape index (κ3) is 7.18. The molecule has 1 aromatic carbocycles. The van der Waals surface area contributed by atoms with E-state index in [9.17, 15) is 9.59 Å². The summed E-state index contributed by atoms with van der Waals surface area (Å²) in [5.41, 5.74) is 2.25. The summed E-state index contributed by atoms with van der Waals surface area (Å²) in [6.45, 7) is 23.5. The molecule has 0 aliphatic heterocycles. The van der Waals surface area contributed by atoms with Crippen LogP contribution in [0.2, 0.25) is 0 Å². The predicted octanol–water partition coefficient (Wildman–Crippen LogP) is 5.97. The number of benzene rings is 1. The summed E-state index contributed by atoms with van der Waals surface area (Å²) in [5.74, 6) is 0.516. The highest BCUT2D eigenvalue weighted by Gasteiger charge is 2.27. The lowest BCUT2D eigenvalue weighted by Gasteiger charge is -2.26. The zero-order valence-electron chi connectivity index (χ0n) is 23.0. The minimum atomic E-state index is -0.297. The molecule has 0 aliphatic carbocycles. The van der Waals surface area contributed by atoms with Gasteiger partial charge in [-0.25, -0.2) is 4.68 Å². The number of carbonyl (C=O) groups excluding carboxylic acids is 2. The highest BCUT2D eigenvalue weighted by Crippen LogP contribution is 2.28. The van der Waals surface area contributed by atoms with Crippen molar-refractivity contribution < 1.29 is 9.59 Å². The molecule has 0 saturated carbocycles. The fraction of sp³-hybridized carbons (Fsp3) is 0.607. The van der Waals surface area contributed by atoms with E-state index in [-0.39, 0.29) is 40.6 Å². The predicted molar refractivity (Wildman–Crippen MR) is 140 cm³/mol. The number of anilines is 1. The zero-order valence-corrected chi connectivity index (χ0v) is 23.0. The van der Waals surface area contributed by atoms with Crippen LogP contribution < -0.4 is 5.32 Å².